The molecule has 92 valence electrons. The predicted octanol–water partition coefficient (Wildman–Crippen LogP) is 3.13. The number of hydrogen-bond acceptors (Lipinski definition) is 4. The van der Waals surface area contributed by atoms with Crippen molar-refractivity contribution >= 4 is 16.8 Å². The van der Waals surface area contributed by atoms with Crippen LogP contribution in [0.25, 0.3) is 11.3 Å². The molecule has 0 aliphatic rings. The lowest BCUT2D eigenvalue weighted by Gasteiger charge is -2.08. The summed E-state index contributed by atoms with van der Waals surface area (Å²) in [5.74, 6) is 0.721. The number of halogens is 1. The number of benzene rings is 1. The predicted molar refractivity (Wildman–Crippen MR) is 70.4 cm³/mol. The molecule has 5 heteroatoms. The molecule has 0 aliphatic carbocycles. The summed E-state index contributed by atoms with van der Waals surface area (Å²) in [4.78, 5) is 4.32. The second-order valence-corrected chi connectivity index (χ2v) is 3.86. The van der Waals surface area contributed by atoms with E-state index in [-0.39, 0.29) is 5.17 Å². The molecule has 1 heterocycles. The Balaban J connectivity index is 2.51. The van der Waals surface area contributed by atoms with Crippen molar-refractivity contribution in [3.05, 3.63) is 48.2 Å². The van der Waals surface area contributed by atoms with E-state index in [0.29, 0.717) is 11.4 Å². The molecular formula is C13H11ClN2O2. The zero-order valence-corrected chi connectivity index (χ0v) is 10.4. The Kier molecular flexibility index (Phi) is 3.79. The van der Waals surface area contributed by atoms with E-state index in [2.05, 4.69) is 10.1 Å². The Morgan fingerprint density at radius 3 is 2.72 bits per heavy atom. The van der Waals surface area contributed by atoms with E-state index in [0.717, 1.165) is 11.3 Å². The van der Waals surface area contributed by atoms with Crippen molar-refractivity contribution in [3.63, 3.8) is 0 Å². The maximum absolute atomic E-state index is 8.64. The molecule has 0 aliphatic heterocycles. The van der Waals surface area contributed by atoms with Gasteiger partial charge in [0.2, 0.25) is 0 Å². The highest BCUT2D eigenvalue weighted by molar-refractivity contribution is 6.69. The first-order valence-corrected chi connectivity index (χ1v) is 5.62. The molecule has 0 unspecified atom stereocenters. The van der Waals surface area contributed by atoms with Gasteiger partial charge in [0.1, 0.15) is 11.4 Å². The zero-order valence-electron chi connectivity index (χ0n) is 9.67. The summed E-state index contributed by atoms with van der Waals surface area (Å²) in [5, 5.41) is 11.5. The first-order chi connectivity index (χ1) is 8.76. The average Bonchev–Trinajstić information content (AvgIpc) is 2.46. The highest BCUT2D eigenvalue weighted by Crippen LogP contribution is 2.28. The molecule has 0 atom stereocenters. The molecule has 2 rings (SSSR count). The van der Waals surface area contributed by atoms with Crippen LogP contribution in [0.3, 0.4) is 0 Å². The van der Waals surface area contributed by atoms with Crippen LogP contribution in [0.1, 0.15) is 5.69 Å². The Morgan fingerprint density at radius 2 is 2.00 bits per heavy atom. The molecule has 1 aromatic carbocycles. The van der Waals surface area contributed by atoms with Crippen LogP contribution in [-0.4, -0.2) is 22.5 Å². The van der Waals surface area contributed by atoms with Crippen LogP contribution in [0, 0.1) is 0 Å². The van der Waals surface area contributed by atoms with Crippen LogP contribution >= 0.6 is 11.6 Å². The van der Waals surface area contributed by atoms with E-state index in [4.69, 9.17) is 21.5 Å². The van der Waals surface area contributed by atoms with Gasteiger partial charge in [0, 0.05) is 5.56 Å². The number of nitrogens with zero attached hydrogens (tertiary/aromatic N) is 2. The summed E-state index contributed by atoms with van der Waals surface area (Å²) < 4.78 is 5.27. The number of para-hydroxylation sites is 1. The maximum Gasteiger partial charge on any atom is 0.193 e. The van der Waals surface area contributed by atoms with Crippen molar-refractivity contribution < 1.29 is 9.94 Å². The number of rotatable bonds is 3. The second kappa shape index (κ2) is 5.51. The number of aromatic nitrogens is 1. The normalized spacial score (nSPS) is 11.3. The second-order valence-electron chi connectivity index (χ2n) is 3.50. The molecular weight excluding hydrogens is 252 g/mol. The Bertz CT molecular complexity index is 585. The third-order valence-corrected chi connectivity index (χ3v) is 2.70. The Labute approximate surface area is 109 Å². The lowest BCUT2D eigenvalue weighted by Crippen LogP contribution is -1.97. The number of hydrogen-bond donors (Lipinski definition) is 1. The molecule has 2 aromatic rings. The molecule has 1 aromatic heterocycles. The van der Waals surface area contributed by atoms with Crippen molar-refractivity contribution in [2.45, 2.75) is 0 Å². The van der Waals surface area contributed by atoms with Gasteiger partial charge >= 0.3 is 0 Å². The van der Waals surface area contributed by atoms with E-state index in [1.54, 1.807) is 19.2 Å². The molecule has 0 saturated carbocycles. The fourth-order valence-electron chi connectivity index (χ4n) is 1.61. The lowest BCUT2D eigenvalue weighted by atomic mass is 10.1. The standard InChI is InChI=1S/C13H11ClN2O2/c1-18-12-8-3-2-5-9(12)10-6-4-7-11(15-10)13(14)16-17/h2-8,17H,1H3/b16-13-. The van der Waals surface area contributed by atoms with Gasteiger partial charge in [-0.05, 0) is 24.3 Å². The fourth-order valence-corrected chi connectivity index (χ4v) is 1.71. The molecule has 1 N–H and O–H groups in total. The Morgan fingerprint density at radius 1 is 1.22 bits per heavy atom. The van der Waals surface area contributed by atoms with Crippen molar-refractivity contribution in [2.24, 2.45) is 5.16 Å². The van der Waals surface area contributed by atoms with Gasteiger partial charge in [0.15, 0.2) is 5.17 Å². The molecule has 0 fully saturated rings. The van der Waals surface area contributed by atoms with Crippen LogP contribution in [0.4, 0.5) is 0 Å². The smallest absolute Gasteiger partial charge is 0.193 e. The van der Waals surface area contributed by atoms with Crippen molar-refractivity contribution in [2.75, 3.05) is 7.11 Å². The summed E-state index contributed by atoms with van der Waals surface area (Å²) in [7, 11) is 1.60. The van der Waals surface area contributed by atoms with Crippen LogP contribution < -0.4 is 4.74 Å². The largest absolute Gasteiger partial charge is 0.496 e. The quantitative estimate of drug-likeness (QED) is 0.525. The van der Waals surface area contributed by atoms with Crippen molar-refractivity contribution in [1.82, 2.24) is 4.98 Å². The molecule has 0 radical (unpaired) electrons. The maximum atomic E-state index is 8.64. The van der Waals surface area contributed by atoms with Gasteiger partial charge < -0.3 is 9.94 Å². The van der Waals surface area contributed by atoms with Gasteiger partial charge in [-0.15, -0.1) is 0 Å². The fraction of sp³-hybridized carbons (Fsp3) is 0.0769. The van der Waals surface area contributed by atoms with Gasteiger partial charge in [-0.2, -0.15) is 0 Å². The van der Waals surface area contributed by atoms with Crippen molar-refractivity contribution in [1.29, 1.82) is 0 Å². The van der Waals surface area contributed by atoms with Gasteiger partial charge in [-0.1, -0.05) is 35.0 Å². The third-order valence-electron chi connectivity index (χ3n) is 2.43. The summed E-state index contributed by atoms with van der Waals surface area (Å²) in [6, 6.07) is 12.8. The van der Waals surface area contributed by atoms with E-state index in [1.165, 1.54) is 0 Å². The van der Waals surface area contributed by atoms with Crippen molar-refractivity contribution in [3.8, 4) is 17.0 Å². The first kappa shape index (κ1) is 12.4. The van der Waals surface area contributed by atoms with E-state index >= 15 is 0 Å². The van der Waals surface area contributed by atoms with Crippen LogP contribution in [0.15, 0.2) is 47.6 Å². The third kappa shape index (κ3) is 2.43. The molecule has 4 nitrogen and oxygen atoms in total. The monoisotopic (exact) mass is 262 g/mol. The molecule has 0 saturated heterocycles. The van der Waals surface area contributed by atoms with E-state index in [9.17, 15) is 0 Å². The summed E-state index contributed by atoms with van der Waals surface area (Å²) in [6.45, 7) is 0. The number of ether oxygens (including phenoxy) is 1. The molecule has 0 bridgehead atoms. The molecule has 0 spiro atoms. The Hall–Kier alpha value is -2.07. The summed E-state index contributed by atoms with van der Waals surface area (Å²) in [5.41, 5.74) is 1.96. The topological polar surface area (TPSA) is 54.7 Å². The average molecular weight is 263 g/mol. The number of oxime groups is 1. The van der Waals surface area contributed by atoms with Crippen LogP contribution in [0.5, 0.6) is 5.75 Å². The van der Waals surface area contributed by atoms with Crippen LogP contribution in [-0.2, 0) is 0 Å². The van der Waals surface area contributed by atoms with Gasteiger partial charge in [0.25, 0.3) is 0 Å². The van der Waals surface area contributed by atoms with Gasteiger partial charge in [-0.3, -0.25) is 0 Å². The van der Waals surface area contributed by atoms with Gasteiger partial charge in [0.05, 0.1) is 12.8 Å². The molecule has 18 heavy (non-hydrogen) atoms. The van der Waals surface area contributed by atoms with E-state index < -0.39 is 0 Å². The minimum absolute atomic E-state index is 0.0493. The minimum atomic E-state index is -0.0493. The lowest BCUT2D eigenvalue weighted by molar-refractivity contribution is 0.320. The zero-order chi connectivity index (χ0) is 13.0. The molecule has 0 amide bonds. The van der Waals surface area contributed by atoms with E-state index in [1.807, 2.05) is 30.3 Å². The SMILES string of the molecule is COc1ccccc1-c1cccc(/C(Cl)=N/O)n1. The summed E-state index contributed by atoms with van der Waals surface area (Å²) >= 11 is 5.73. The number of pyridine rings is 1. The number of methoxy groups -OCH3 is 1. The van der Waals surface area contributed by atoms with Gasteiger partial charge in [-0.25, -0.2) is 4.98 Å². The van der Waals surface area contributed by atoms with Crippen LogP contribution in [0.2, 0.25) is 0 Å². The minimum Gasteiger partial charge on any atom is -0.496 e. The summed E-state index contributed by atoms with van der Waals surface area (Å²) in [6.07, 6.45) is 0. The highest BCUT2D eigenvalue weighted by atomic mass is 35.5. The highest BCUT2D eigenvalue weighted by Gasteiger charge is 2.08. The first-order valence-electron chi connectivity index (χ1n) is 5.24.